The lowest BCUT2D eigenvalue weighted by Crippen LogP contribution is -2.26. The van der Waals surface area contributed by atoms with E-state index in [9.17, 15) is 4.79 Å². The second kappa shape index (κ2) is 8.25. The first-order valence-electron chi connectivity index (χ1n) is 8.57. The molecule has 29 heavy (non-hydrogen) atoms. The molecule has 146 valence electrons. The van der Waals surface area contributed by atoms with Gasteiger partial charge in [0.25, 0.3) is 0 Å². The second-order valence-corrected chi connectivity index (χ2v) is 8.05. The van der Waals surface area contributed by atoms with Gasteiger partial charge in [-0.05, 0) is 42.0 Å². The molecule has 1 heterocycles. The molecule has 3 aromatic rings. The summed E-state index contributed by atoms with van der Waals surface area (Å²) in [5.41, 5.74) is 3.16. The lowest BCUT2D eigenvalue weighted by atomic mass is 10.1. The fourth-order valence-corrected chi connectivity index (χ4v) is 3.93. The second-order valence-electron chi connectivity index (χ2n) is 6.37. The number of fused-ring (bicyclic) bond motifs is 1. The Kier molecular flexibility index (Phi) is 5.70. The number of anilines is 2. The van der Waals surface area contributed by atoms with Crippen LogP contribution in [0.4, 0.5) is 16.2 Å². The Labute approximate surface area is 187 Å². The number of amidine groups is 1. The van der Waals surface area contributed by atoms with Gasteiger partial charge in [-0.2, -0.15) is 4.99 Å². The van der Waals surface area contributed by atoms with Crippen molar-refractivity contribution in [3.05, 3.63) is 91.9 Å². The van der Waals surface area contributed by atoms with Gasteiger partial charge in [0.2, 0.25) is 0 Å². The predicted octanol–water partition coefficient (Wildman–Crippen LogP) is 7.30. The van der Waals surface area contributed by atoms with Crippen molar-refractivity contribution in [2.75, 3.05) is 10.2 Å². The molecule has 0 saturated heterocycles. The van der Waals surface area contributed by atoms with Crippen molar-refractivity contribution in [2.45, 2.75) is 6.54 Å². The van der Waals surface area contributed by atoms with Crippen LogP contribution in [0.2, 0.25) is 20.1 Å². The summed E-state index contributed by atoms with van der Waals surface area (Å²) in [6.45, 7) is 0.547. The molecule has 2 amide bonds. The maximum atomic E-state index is 12.6. The maximum Gasteiger partial charge on any atom is 0.347 e. The number of benzene rings is 3. The molecule has 0 saturated carbocycles. The number of halogens is 4. The van der Waals surface area contributed by atoms with E-state index in [0.717, 1.165) is 16.8 Å². The van der Waals surface area contributed by atoms with Crippen LogP contribution in [-0.2, 0) is 6.54 Å². The minimum atomic E-state index is -0.534. The highest BCUT2D eigenvalue weighted by Crippen LogP contribution is 2.33. The van der Waals surface area contributed by atoms with E-state index in [4.69, 9.17) is 46.4 Å². The number of aliphatic imine (C=N–C) groups is 1. The SMILES string of the molecule is O=C(/N=C1\c2ccccc2CN1c1cc(Cl)cc(Cl)c1)Nc1ccc(Cl)c(Cl)c1. The standard InChI is InChI=1S/C21H13Cl4N3O/c22-13-7-14(23)9-16(8-13)28-11-12-3-1-2-4-17(12)20(28)27-21(29)26-15-5-6-18(24)19(25)10-15/h1-10H,11H2,(H,26,29)/b27-20+. The minimum Gasteiger partial charge on any atom is -0.321 e. The van der Waals surface area contributed by atoms with Gasteiger partial charge >= 0.3 is 6.03 Å². The van der Waals surface area contributed by atoms with Crippen LogP contribution in [0.25, 0.3) is 0 Å². The van der Waals surface area contributed by atoms with Gasteiger partial charge in [0.1, 0.15) is 5.84 Å². The fourth-order valence-electron chi connectivity index (χ4n) is 3.12. The first-order valence-corrected chi connectivity index (χ1v) is 10.1. The van der Waals surface area contributed by atoms with E-state index in [1.807, 2.05) is 29.2 Å². The number of urea groups is 1. The molecule has 1 aliphatic rings. The Morgan fingerprint density at radius 2 is 1.62 bits per heavy atom. The normalized spacial score (nSPS) is 14.2. The molecule has 0 atom stereocenters. The van der Waals surface area contributed by atoms with E-state index in [-0.39, 0.29) is 0 Å². The summed E-state index contributed by atoms with van der Waals surface area (Å²) in [5, 5.41) is 4.47. The van der Waals surface area contributed by atoms with Crippen LogP contribution in [0.1, 0.15) is 11.1 Å². The van der Waals surface area contributed by atoms with Crippen LogP contribution in [0, 0.1) is 0 Å². The topological polar surface area (TPSA) is 44.7 Å². The van der Waals surface area contributed by atoms with Crippen molar-refractivity contribution in [2.24, 2.45) is 4.99 Å². The summed E-state index contributed by atoms with van der Waals surface area (Å²) in [6.07, 6.45) is 0. The van der Waals surface area contributed by atoms with E-state index in [1.54, 1.807) is 36.4 Å². The van der Waals surface area contributed by atoms with E-state index >= 15 is 0 Å². The highest BCUT2D eigenvalue weighted by molar-refractivity contribution is 6.42. The monoisotopic (exact) mass is 463 g/mol. The Morgan fingerprint density at radius 3 is 2.34 bits per heavy atom. The Balaban J connectivity index is 1.70. The molecule has 0 aromatic heterocycles. The summed E-state index contributed by atoms with van der Waals surface area (Å²) in [5.74, 6) is 0.511. The van der Waals surface area contributed by atoms with Crippen molar-refractivity contribution < 1.29 is 4.79 Å². The molecule has 1 aliphatic heterocycles. The van der Waals surface area contributed by atoms with E-state index in [0.29, 0.717) is 38.2 Å². The van der Waals surface area contributed by atoms with Gasteiger partial charge in [-0.1, -0.05) is 70.7 Å². The fraction of sp³-hybridized carbons (Fsp3) is 0.0476. The summed E-state index contributed by atoms with van der Waals surface area (Å²) in [4.78, 5) is 18.8. The zero-order chi connectivity index (χ0) is 20.5. The quantitative estimate of drug-likeness (QED) is 0.432. The number of nitrogens with zero attached hydrogens (tertiary/aromatic N) is 2. The number of nitrogens with one attached hydrogen (secondary N) is 1. The Hall–Kier alpha value is -2.24. The highest BCUT2D eigenvalue weighted by atomic mass is 35.5. The Bertz CT molecular complexity index is 1130. The average molecular weight is 465 g/mol. The smallest absolute Gasteiger partial charge is 0.321 e. The predicted molar refractivity (Wildman–Crippen MR) is 121 cm³/mol. The highest BCUT2D eigenvalue weighted by Gasteiger charge is 2.27. The van der Waals surface area contributed by atoms with Crippen molar-refractivity contribution in [3.63, 3.8) is 0 Å². The number of hydrogen-bond donors (Lipinski definition) is 1. The molecule has 0 bridgehead atoms. The summed E-state index contributed by atoms with van der Waals surface area (Å²) in [7, 11) is 0. The number of amides is 2. The largest absolute Gasteiger partial charge is 0.347 e. The van der Waals surface area contributed by atoms with Crippen molar-refractivity contribution in [1.29, 1.82) is 0 Å². The number of hydrogen-bond acceptors (Lipinski definition) is 1. The third-order valence-electron chi connectivity index (χ3n) is 4.38. The zero-order valence-electron chi connectivity index (χ0n) is 14.8. The van der Waals surface area contributed by atoms with E-state index in [2.05, 4.69) is 10.3 Å². The third-order valence-corrected chi connectivity index (χ3v) is 5.56. The Morgan fingerprint density at radius 1 is 0.897 bits per heavy atom. The molecular formula is C21H13Cl4N3O. The lowest BCUT2D eigenvalue weighted by molar-refractivity contribution is 0.259. The van der Waals surface area contributed by atoms with Gasteiger partial charge in [0.05, 0.1) is 16.6 Å². The summed E-state index contributed by atoms with van der Waals surface area (Å²) < 4.78 is 0. The first kappa shape index (κ1) is 20.0. The molecule has 8 heteroatoms. The van der Waals surface area contributed by atoms with Crippen molar-refractivity contribution in [3.8, 4) is 0 Å². The molecule has 0 fully saturated rings. The van der Waals surface area contributed by atoms with Gasteiger partial charge in [-0.25, -0.2) is 4.79 Å². The lowest BCUT2D eigenvalue weighted by Gasteiger charge is -2.20. The third kappa shape index (κ3) is 4.36. The van der Waals surface area contributed by atoms with Crippen LogP contribution in [0.5, 0.6) is 0 Å². The molecule has 0 radical (unpaired) electrons. The van der Waals surface area contributed by atoms with Gasteiger partial charge in [-0.3, -0.25) is 0 Å². The molecule has 0 spiro atoms. The average Bonchev–Trinajstić information content (AvgIpc) is 3.02. The zero-order valence-corrected chi connectivity index (χ0v) is 17.8. The molecule has 4 rings (SSSR count). The molecule has 1 N–H and O–H groups in total. The number of rotatable bonds is 2. The van der Waals surface area contributed by atoms with Crippen molar-refractivity contribution in [1.82, 2.24) is 0 Å². The number of carbonyl (C=O) groups excluding carboxylic acids is 1. The molecule has 4 nitrogen and oxygen atoms in total. The van der Waals surface area contributed by atoms with Crippen LogP contribution in [0.15, 0.2) is 65.7 Å². The van der Waals surface area contributed by atoms with Crippen LogP contribution >= 0.6 is 46.4 Å². The van der Waals surface area contributed by atoms with Crippen molar-refractivity contribution >= 4 is 69.6 Å². The maximum absolute atomic E-state index is 12.6. The summed E-state index contributed by atoms with van der Waals surface area (Å²) >= 11 is 24.3. The summed E-state index contributed by atoms with van der Waals surface area (Å²) in [6, 6.07) is 17.3. The molecule has 0 unspecified atom stereocenters. The van der Waals surface area contributed by atoms with E-state index < -0.39 is 6.03 Å². The van der Waals surface area contributed by atoms with Gasteiger partial charge in [0, 0.05) is 27.0 Å². The van der Waals surface area contributed by atoms with Gasteiger partial charge < -0.3 is 10.2 Å². The van der Waals surface area contributed by atoms with Crippen LogP contribution in [-0.4, -0.2) is 11.9 Å². The van der Waals surface area contributed by atoms with Crippen LogP contribution < -0.4 is 10.2 Å². The molecule has 3 aromatic carbocycles. The minimum absolute atomic E-state index is 0.346. The number of carbonyl (C=O) groups is 1. The van der Waals surface area contributed by atoms with E-state index in [1.165, 1.54) is 0 Å². The molecular weight excluding hydrogens is 452 g/mol. The van der Waals surface area contributed by atoms with Gasteiger partial charge in [-0.15, -0.1) is 0 Å². The first-order chi connectivity index (χ1) is 13.9. The van der Waals surface area contributed by atoms with Crippen LogP contribution in [0.3, 0.4) is 0 Å². The van der Waals surface area contributed by atoms with Gasteiger partial charge in [0.15, 0.2) is 0 Å². The molecule has 0 aliphatic carbocycles.